The summed E-state index contributed by atoms with van der Waals surface area (Å²) in [6, 6.07) is 19.5. The van der Waals surface area contributed by atoms with Crippen LogP contribution in [-0.2, 0) is 4.79 Å². The molecule has 2 aromatic carbocycles. The van der Waals surface area contributed by atoms with E-state index in [4.69, 9.17) is 4.74 Å². The summed E-state index contributed by atoms with van der Waals surface area (Å²) in [5, 5.41) is 13.4. The number of hydrogen-bond acceptors (Lipinski definition) is 7. The summed E-state index contributed by atoms with van der Waals surface area (Å²) in [5.41, 5.74) is 6.44. The molecule has 0 saturated carbocycles. The number of carbonyl (C=O) groups is 1. The molecule has 184 valence electrons. The first-order valence-electron chi connectivity index (χ1n) is 11.7. The zero-order valence-electron chi connectivity index (χ0n) is 20.5. The average molecular weight is 501 g/mol. The van der Waals surface area contributed by atoms with Crippen molar-refractivity contribution in [3.8, 4) is 22.8 Å². The Bertz CT molecular complexity index is 1300. The van der Waals surface area contributed by atoms with Gasteiger partial charge in [0.1, 0.15) is 5.75 Å². The maximum atomic E-state index is 12.5. The van der Waals surface area contributed by atoms with E-state index in [1.165, 1.54) is 17.3 Å². The Hall–Kier alpha value is -3.98. The lowest BCUT2D eigenvalue weighted by molar-refractivity contribution is -0.118. The molecule has 0 aliphatic carbocycles. The van der Waals surface area contributed by atoms with Gasteiger partial charge in [-0.2, -0.15) is 5.10 Å². The Labute approximate surface area is 214 Å². The molecule has 0 unspecified atom stereocenters. The summed E-state index contributed by atoms with van der Waals surface area (Å²) in [4.78, 5) is 16.7. The molecule has 2 aromatic heterocycles. The average Bonchev–Trinajstić information content (AvgIpc) is 3.33. The zero-order chi connectivity index (χ0) is 25.3. The lowest BCUT2D eigenvalue weighted by Crippen LogP contribution is -2.20. The van der Waals surface area contributed by atoms with Gasteiger partial charge < -0.3 is 4.74 Å². The van der Waals surface area contributed by atoms with Crippen LogP contribution >= 0.6 is 11.8 Å². The number of carbonyl (C=O) groups excluding carboxylic acids is 1. The fraction of sp³-hybridized carbons (Fsp3) is 0.222. The molecule has 1 N–H and O–H groups in total. The van der Waals surface area contributed by atoms with Gasteiger partial charge >= 0.3 is 0 Å². The standard InChI is InChI=1S/C27H28N6O2S/c1-4-35-24-13-11-23(12-14-24)33-26(22-6-5-15-28-17-22)31-32-27(33)36-18-25(34)30-29-16-20-7-9-21(10-8-20)19(2)3/h5-17,19H,4,18H2,1-3H3,(H,30,34)/b29-16+. The van der Waals surface area contributed by atoms with E-state index in [0.717, 1.165) is 22.6 Å². The Morgan fingerprint density at radius 2 is 1.89 bits per heavy atom. The van der Waals surface area contributed by atoms with Gasteiger partial charge in [-0.05, 0) is 60.4 Å². The van der Waals surface area contributed by atoms with Crippen LogP contribution in [0.4, 0.5) is 0 Å². The van der Waals surface area contributed by atoms with Crippen molar-refractivity contribution in [3.63, 3.8) is 0 Å². The monoisotopic (exact) mass is 500 g/mol. The lowest BCUT2D eigenvalue weighted by Gasteiger charge is -2.11. The predicted molar refractivity (Wildman–Crippen MR) is 143 cm³/mol. The summed E-state index contributed by atoms with van der Waals surface area (Å²) in [6.45, 7) is 6.84. The largest absolute Gasteiger partial charge is 0.494 e. The molecule has 0 bridgehead atoms. The normalized spacial score (nSPS) is 11.2. The fourth-order valence-electron chi connectivity index (χ4n) is 3.44. The summed E-state index contributed by atoms with van der Waals surface area (Å²) in [7, 11) is 0. The maximum absolute atomic E-state index is 12.5. The minimum Gasteiger partial charge on any atom is -0.494 e. The van der Waals surface area contributed by atoms with Gasteiger partial charge in [0.05, 0.1) is 18.6 Å². The highest BCUT2D eigenvalue weighted by Crippen LogP contribution is 2.28. The molecule has 1 amide bonds. The molecule has 4 rings (SSSR count). The number of hydrogen-bond donors (Lipinski definition) is 1. The number of amides is 1. The molecule has 0 aliphatic rings. The molecule has 2 heterocycles. The van der Waals surface area contributed by atoms with Gasteiger partial charge in [0.2, 0.25) is 0 Å². The highest BCUT2D eigenvalue weighted by molar-refractivity contribution is 7.99. The molecular formula is C27H28N6O2S. The van der Waals surface area contributed by atoms with Crippen LogP contribution in [0.3, 0.4) is 0 Å². The molecule has 9 heteroatoms. The Morgan fingerprint density at radius 1 is 1.11 bits per heavy atom. The number of benzene rings is 2. The number of ether oxygens (including phenoxy) is 1. The fourth-order valence-corrected chi connectivity index (χ4v) is 4.19. The highest BCUT2D eigenvalue weighted by atomic mass is 32.2. The predicted octanol–water partition coefficient (Wildman–Crippen LogP) is 5.09. The van der Waals surface area contributed by atoms with E-state index in [1.807, 2.05) is 60.0 Å². The second-order valence-electron chi connectivity index (χ2n) is 8.21. The van der Waals surface area contributed by atoms with Gasteiger partial charge in [0.15, 0.2) is 11.0 Å². The first-order valence-corrected chi connectivity index (χ1v) is 12.7. The van der Waals surface area contributed by atoms with Gasteiger partial charge in [-0.25, -0.2) is 5.43 Å². The zero-order valence-corrected chi connectivity index (χ0v) is 21.3. The van der Waals surface area contributed by atoms with E-state index in [9.17, 15) is 4.79 Å². The van der Waals surface area contributed by atoms with Crippen molar-refractivity contribution >= 4 is 23.9 Å². The van der Waals surface area contributed by atoms with Crippen molar-refractivity contribution in [2.45, 2.75) is 31.8 Å². The van der Waals surface area contributed by atoms with Gasteiger partial charge in [-0.15, -0.1) is 10.2 Å². The number of nitrogens with one attached hydrogen (secondary N) is 1. The van der Waals surface area contributed by atoms with Crippen LogP contribution in [0, 0.1) is 0 Å². The summed E-state index contributed by atoms with van der Waals surface area (Å²) in [5.74, 6) is 1.78. The molecule has 4 aromatic rings. The van der Waals surface area contributed by atoms with Crippen molar-refractivity contribution in [1.29, 1.82) is 0 Å². The number of thioether (sulfide) groups is 1. The highest BCUT2D eigenvalue weighted by Gasteiger charge is 2.17. The molecule has 0 aliphatic heterocycles. The number of hydrazone groups is 1. The van der Waals surface area contributed by atoms with Crippen molar-refractivity contribution in [1.82, 2.24) is 25.2 Å². The third kappa shape index (κ3) is 6.37. The third-order valence-electron chi connectivity index (χ3n) is 5.30. The van der Waals surface area contributed by atoms with Crippen LogP contribution in [0.2, 0.25) is 0 Å². The number of pyridine rings is 1. The van der Waals surface area contributed by atoms with Gasteiger partial charge in [0.25, 0.3) is 5.91 Å². The van der Waals surface area contributed by atoms with E-state index < -0.39 is 0 Å². The number of rotatable bonds is 10. The van der Waals surface area contributed by atoms with E-state index in [2.05, 4.69) is 51.7 Å². The Kier molecular flexibility index (Phi) is 8.46. The van der Waals surface area contributed by atoms with Crippen LogP contribution in [-0.4, -0.2) is 44.2 Å². The molecule has 0 saturated heterocycles. The SMILES string of the molecule is CCOc1ccc(-n2c(SCC(=O)N/N=C/c3ccc(C(C)C)cc3)nnc2-c2cccnc2)cc1. The van der Waals surface area contributed by atoms with Crippen LogP contribution in [0.5, 0.6) is 5.75 Å². The Balaban J connectivity index is 1.46. The van der Waals surface area contributed by atoms with Crippen molar-refractivity contribution in [3.05, 3.63) is 84.2 Å². The minimum atomic E-state index is -0.237. The summed E-state index contributed by atoms with van der Waals surface area (Å²) < 4.78 is 7.47. The molecule has 36 heavy (non-hydrogen) atoms. The summed E-state index contributed by atoms with van der Waals surface area (Å²) in [6.07, 6.45) is 5.08. The van der Waals surface area contributed by atoms with E-state index >= 15 is 0 Å². The van der Waals surface area contributed by atoms with Crippen molar-refractivity contribution in [2.75, 3.05) is 12.4 Å². The first kappa shape index (κ1) is 25.1. The van der Waals surface area contributed by atoms with E-state index in [-0.39, 0.29) is 11.7 Å². The Morgan fingerprint density at radius 3 is 2.56 bits per heavy atom. The van der Waals surface area contributed by atoms with Gasteiger partial charge in [0, 0.05) is 23.6 Å². The number of aromatic nitrogens is 4. The molecule has 0 atom stereocenters. The van der Waals surface area contributed by atoms with E-state index in [1.54, 1.807) is 18.6 Å². The number of nitrogens with zero attached hydrogens (tertiary/aromatic N) is 5. The second kappa shape index (κ2) is 12.1. The van der Waals surface area contributed by atoms with Crippen LogP contribution < -0.4 is 10.2 Å². The topological polar surface area (TPSA) is 94.3 Å². The van der Waals surface area contributed by atoms with Gasteiger partial charge in [-0.3, -0.25) is 14.3 Å². The van der Waals surface area contributed by atoms with Crippen molar-refractivity contribution < 1.29 is 9.53 Å². The molecule has 8 nitrogen and oxygen atoms in total. The second-order valence-corrected chi connectivity index (χ2v) is 9.16. The van der Waals surface area contributed by atoms with Crippen LogP contribution in [0.25, 0.3) is 17.1 Å². The lowest BCUT2D eigenvalue weighted by atomic mass is 10.0. The quantitative estimate of drug-likeness (QED) is 0.185. The molecule has 0 radical (unpaired) electrons. The van der Waals surface area contributed by atoms with Gasteiger partial charge in [-0.1, -0.05) is 49.9 Å². The van der Waals surface area contributed by atoms with Crippen molar-refractivity contribution in [2.24, 2.45) is 5.10 Å². The van der Waals surface area contributed by atoms with E-state index in [0.29, 0.717) is 23.5 Å². The third-order valence-corrected chi connectivity index (χ3v) is 6.23. The molecule has 0 fully saturated rings. The first-order chi connectivity index (χ1) is 17.5. The molecular weight excluding hydrogens is 472 g/mol. The smallest absolute Gasteiger partial charge is 0.250 e. The maximum Gasteiger partial charge on any atom is 0.250 e. The molecule has 0 spiro atoms. The summed E-state index contributed by atoms with van der Waals surface area (Å²) >= 11 is 1.28. The minimum absolute atomic E-state index is 0.131. The van der Waals surface area contributed by atoms with Crippen LogP contribution in [0.15, 0.2) is 83.3 Å². The van der Waals surface area contributed by atoms with Crippen LogP contribution in [0.1, 0.15) is 37.8 Å².